The molecular formula is C9H14O. The van der Waals surface area contributed by atoms with E-state index in [2.05, 4.69) is 6.92 Å². The van der Waals surface area contributed by atoms with Gasteiger partial charge in [0.1, 0.15) is 0 Å². The van der Waals surface area contributed by atoms with E-state index in [-0.39, 0.29) is 0 Å². The van der Waals surface area contributed by atoms with Crippen molar-refractivity contribution < 1.29 is 4.74 Å². The minimum Gasteiger partial charge on any atom is -0.366 e. The third-order valence-electron chi connectivity index (χ3n) is 3.83. The van der Waals surface area contributed by atoms with Crippen LogP contribution in [-0.4, -0.2) is 11.7 Å². The highest BCUT2D eigenvalue weighted by Crippen LogP contribution is 2.65. The van der Waals surface area contributed by atoms with Gasteiger partial charge in [-0.2, -0.15) is 0 Å². The van der Waals surface area contributed by atoms with Crippen LogP contribution in [0.1, 0.15) is 32.6 Å². The van der Waals surface area contributed by atoms with Crippen LogP contribution in [-0.2, 0) is 4.74 Å². The zero-order valence-corrected chi connectivity index (χ0v) is 6.47. The number of rotatable bonds is 1. The van der Waals surface area contributed by atoms with Gasteiger partial charge in [-0.3, -0.25) is 0 Å². The third kappa shape index (κ3) is 0.430. The summed E-state index contributed by atoms with van der Waals surface area (Å²) in [6, 6.07) is 0. The molecule has 3 aliphatic rings. The van der Waals surface area contributed by atoms with Gasteiger partial charge in [0.15, 0.2) is 0 Å². The van der Waals surface area contributed by atoms with Crippen molar-refractivity contribution in [1.29, 1.82) is 0 Å². The highest BCUT2D eigenvalue weighted by atomic mass is 16.6. The standard InChI is InChI=1S/C9H14O/c1-2-7-6-3-4-9(5-6)8(7)10-9/h6-8H,2-5H2,1H3. The van der Waals surface area contributed by atoms with E-state index in [0.29, 0.717) is 11.7 Å². The van der Waals surface area contributed by atoms with Gasteiger partial charge in [0.25, 0.3) is 0 Å². The van der Waals surface area contributed by atoms with Gasteiger partial charge in [-0.05, 0) is 31.1 Å². The number of hydrogen-bond donors (Lipinski definition) is 0. The Morgan fingerprint density at radius 2 is 2.50 bits per heavy atom. The Morgan fingerprint density at radius 3 is 3.00 bits per heavy atom. The molecule has 1 heteroatoms. The quantitative estimate of drug-likeness (QED) is 0.505. The normalized spacial score (nSPS) is 62.7. The van der Waals surface area contributed by atoms with Gasteiger partial charge in [0, 0.05) is 0 Å². The van der Waals surface area contributed by atoms with Crippen LogP contribution < -0.4 is 0 Å². The molecule has 2 aliphatic carbocycles. The largest absolute Gasteiger partial charge is 0.366 e. The van der Waals surface area contributed by atoms with Crippen molar-refractivity contribution in [3.63, 3.8) is 0 Å². The fourth-order valence-electron chi connectivity index (χ4n) is 3.30. The van der Waals surface area contributed by atoms with Crippen molar-refractivity contribution in [3.05, 3.63) is 0 Å². The fourth-order valence-corrected chi connectivity index (χ4v) is 3.30. The molecule has 0 aromatic heterocycles. The Labute approximate surface area is 61.8 Å². The van der Waals surface area contributed by atoms with E-state index >= 15 is 0 Å². The van der Waals surface area contributed by atoms with E-state index in [4.69, 9.17) is 4.74 Å². The highest BCUT2D eigenvalue weighted by Gasteiger charge is 2.69. The first-order valence-electron chi connectivity index (χ1n) is 4.53. The molecule has 1 aliphatic heterocycles. The van der Waals surface area contributed by atoms with E-state index in [0.717, 1.165) is 11.8 Å². The molecule has 0 amide bonds. The van der Waals surface area contributed by atoms with Gasteiger partial charge in [-0.1, -0.05) is 13.3 Å². The first-order valence-corrected chi connectivity index (χ1v) is 4.53. The molecule has 10 heavy (non-hydrogen) atoms. The topological polar surface area (TPSA) is 12.5 Å². The maximum atomic E-state index is 5.73. The van der Waals surface area contributed by atoms with Crippen molar-refractivity contribution >= 4 is 0 Å². The van der Waals surface area contributed by atoms with E-state index in [1.807, 2.05) is 0 Å². The Hall–Kier alpha value is -0.0400. The zero-order valence-electron chi connectivity index (χ0n) is 6.47. The smallest absolute Gasteiger partial charge is 0.0954 e. The lowest BCUT2D eigenvalue weighted by Crippen LogP contribution is -2.16. The zero-order chi connectivity index (χ0) is 6.77. The monoisotopic (exact) mass is 138 g/mol. The molecular weight excluding hydrogens is 124 g/mol. The Kier molecular flexibility index (Phi) is 0.797. The lowest BCUT2D eigenvalue weighted by atomic mass is 9.87. The van der Waals surface area contributed by atoms with Crippen LogP contribution in [0.2, 0.25) is 0 Å². The second kappa shape index (κ2) is 1.42. The average molecular weight is 138 g/mol. The van der Waals surface area contributed by atoms with Crippen LogP contribution >= 0.6 is 0 Å². The van der Waals surface area contributed by atoms with Gasteiger partial charge >= 0.3 is 0 Å². The van der Waals surface area contributed by atoms with Crippen molar-refractivity contribution in [2.45, 2.75) is 44.3 Å². The summed E-state index contributed by atoms with van der Waals surface area (Å²) in [6.07, 6.45) is 6.28. The van der Waals surface area contributed by atoms with Crippen LogP contribution in [0.4, 0.5) is 0 Å². The molecule has 2 saturated carbocycles. The lowest BCUT2D eigenvalue weighted by Gasteiger charge is -2.16. The van der Waals surface area contributed by atoms with Gasteiger partial charge < -0.3 is 4.74 Å². The minimum atomic E-state index is 0.450. The maximum Gasteiger partial charge on any atom is 0.0954 e. The van der Waals surface area contributed by atoms with E-state index < -0.39 is 0 Å². The summed E-state index contributed by atoms with van der Waals surface area (Å²) in [5, 5.41) is 0. The molecule has 3 fully saturated rings. The van der Waals surface area contributed by atoms with Crippen LogP contribution in [0.25, 0.3) is 0 Å². The van der Waals surface area contributed by atoms with Gasteiger partial charge in [-0.25, -0.2) is 0 Å². The van der Waals surface area contributed by atoms with Crippen LogP contribution in [0.15, 0.2) is 0 Å². The van der Waals surface area contributed by atoms with Crippen LogP contribution in [0.3, 0.4) is 0 Å². The van der Waals surface area contributed by atoms with E-state index in [1.54, 1.807) is 0 Å². The lowest BCUT2D eigenvalue weighted by molar-refractivity contribution is 0.205. The Balaban J connectivity index is 1.92. The summed E-state index contributed by atoms with van der Waals surface area (Å²) in [5.41, 5.74) is 0.450. The first-order chi connectivity index (χ1) is 4.86. The molecule has 4 unspecified atom stereocenters. The summed E-state index contributed by atoms with van der Waals surface area (Å²) in [6.45, 7) is 2.31. The molecule has 4 atom stereocenters. The molecule has 2 bridgehead atoms. The number of fused-ring (bicyclic) bond motifs is 1. The summed E-state index contributed by atoms with van der Waals surface area (Å²) < 4.78 is 5.73. The highest BCUT2D eigenvalue weighted by molar-refractivity contribution is 5.18. The molecule has 0 aromatic carbocycles. The maximum absolute atomic E-state index is 5.73. The van der Waals surface area contributed by atoms with Crippen molar-refractivity contribution in [3.8, 4) is 0 Å². The number of hydrogen-bond acceptors (Lipinski definition) is 1. The predicted molar refractivity (Wildman–Crippen MR) is 38.7 cm³/mol. The van der Waals surface area contributed by atoms with E-state index in [1.165, 1.54) is 25.7 Å². The minimum absolute atomic E-state index is 0.450. The molecule has 1 heterocycles. The second-order valence-electron chi connectivity index (χ2n) is 4.18. The second-order valence-corrected chi connectivity index (χ2v) is 4.18. The fraction of sp³-hybridized carbons (Fsp3) is 1.00. The Morgan fingerprint density at radius 1 is 1.60 bits per heavy atom. The van der Waals surface area contributed by atoms with Crippen molar-refractivity contribution in [1.82, 2.24) is 0 Å². The average Bonchev–Trinajstić information content (AvgIpc) is 2.36. The molecule has 0 aromatic rings. The molecule has 0 radical (unpaired) electrons. The SMILES string of the molecule is CCC1C2CCC3(C2)OC13. The molecule has 1 spiro atoms. The molecule has 56 valence electrons. The van der Waals surface area contributed by atoms with Crippen LogP contribution in [0, 0.1) is 11.8 Å². The van der Waals surface area contributed by atoms with Gasteiger partial charge in [0.2, 0.25) is 0 Å². The van der Waals surface area contributed by atoms with Crippen LogP contribution in [0.5, 0.6) is 0 Å². The van der Waals surface area contributed by atoms with Crippen molar-refractivity contribution in [2.75, 3.05) is 0 Å². The predicted octanol–water partition coefficient (Wildman–Crippen LogP) is 1.96. The number of ether oxygens (including phenoxy) is 1. The molecule has 0 N–H and O–H groups in total. The Bertz CT molecular complexity index is 174. The molecule has 1 saturated heterocycles. The third-order valence-corrected chi connectivity index (χ3v) is 3.83. The summed E-state index contributed by atoms with van der Waals surface area (Å²) in [7, 11) is 0. The molecule has 3 rings (SSSR count). The number of epoxide rings is 1. The van der Waals surface area contributed by atoms with Crippen molar-refractivity contribution in [2.24, 2.45) is 11.8 Å². The molecule has 1 nitrogen and oxygen atoms in total. The van der Waals surface area contributed by atoms with Gasteiger partial charge in [-0.15, -0.1) is 0 Å². The summed E-state index contributed by atoms with van der Waals surface area (Å²) >= 11 is 0. The van der Waals surface area contributed by atoms with E-state index in [9.17, 15) is 0 Å². The first kappa shape index (κ1) is 5.59. The summed E-state index contributed by atoms with van der Waals surface area (Å²) in [4.78, 5) is 0. The summed E-state index contributed by atoms with van der Waals surface area (Å²) in [5.74, 6) is 1.98. The van der Waals surface area contributed by atoms with Gasteiger partial charge in [0.05, 0.1) is 11.7 Å².